The number of rotatable bonds is 4. The van der Waals surface area contributed by atoms with Gasteiger partial charge >= 0.3 is 6.18 Å². The monoisotopic (exact) mass is 301 g/mol. The lowest BCUT2D eigenvalue weighted by Gasteiger charge is -2.21. The third-order valence-corrected chi connectivity index (χ3v) is 3.22. The standard InChI is InChI=1S/C14H15F4N3/c1-19-13(8-10-5-6-21(2)20-10)11-7-9(15)3-4-12(11)14(16,17)18/h3-7,13,19H,8H2,1-2H3. The molecule has 1 atom stereocenters. The zero-order valence-electron chi connectivity index (χ0n) is 11.6. The summed E-state index contributed by atoms with van der Waals surface area (Å²) in [6.07, 6.45) is -2.58. The minimum absolute atomic E-state index is 0.115. The summed E-state index contributed by atoms with van der Waals surface area (Å²) in [7, 11) is 3.26. The van der Waals surface area contributed by atoms with Gasteiger partial charge in [0.2, 0.25) is 0 Å². The number of nitrogens with one attached hydrogen (secondary N) is 1. The van der Waals surface area contributed by atoms with E-state index in [2.05, 4.69) is 10.4 Å². The van der Waals surface area contributed by atoms with Gasteiger partial charge in [-0.3, -0.25) is 4.68 Å². The van der Waals surface area contributed by atoms with Crippen LogP contribution in [0, 0.1) is 5.82 Å². The smallest absolute Gasteiger partial charge is 0.313 e. The molecule has 0 radical (unpaired) electrons. The van der Waals surface area contributed by atoms with Crippen LogP contribution in [0.1, 0.15) is 22.9 Å². The molecule has 7 heteroatoms. The summed E-state index contributed by atoms with van der Waals surface area (Å²) in [5.41, 5.74) is -0.316. The molecule has 1 unspecified atom stereocenters. The summed E-state index contributed by atoms with van der Waals surface area (Å²) < 4.78 is 54.1. The van der Waals surface area contributed by atoms with E-state index in [1.54, 1.807) is 31.0 Å². The number of nitrogens with zero attached hydrogens (tertiary/aromatic N) is 2. The van der Waals surface area contributed by atoms with Crippen molar-refractivity contribution in [3.63, 3.8) is 0 Å². The third kappa shape index (κ3) is 3.60. The summed E-state index contributed by atoms with van der Waals surface area (Å²) in [6, 6.07) is 3.56. The first-order valence-electron chi connectivity index (χ1n) is 6.33. The maximum atomic E-state index is 13.4. The number of halogens is 4. The Hall–Kier alpha value is -1.89. The van der Waals surface area contributed by atoms with Crippen LogP contribution in [0.5, 0.6) is 0 Å². The van der Waals surface area contributed by atoms with E-state index in [4.69, 9.17) is 0 Å². The molecular weight excluding hydrogens is 286 g/mol. The SMILES string of the molecule is CNC(Cc1ccn(C)n1)c1cc(F)ccc1C(F)(F)F. The van der Waals surface area contributed by atoms with E-state index in [9.17, 15) is 17.6 Å². The molecule has 1 aromatic carbocycles. The fourth-order valence-electron chi connectivity index (χ4n) is 2.23. The van der Waals surface area contributed by atoms with Crippen LogP contribution < -0.4 is 5.32 Å². The molecule has 2 aromatic rings. The van der Waals surface area contributed by atoms with E-state index in [0.717, 1.165) is 18.2 Å². The van der Waals surface area contributed by atoms with Gasteiger partial charge in [-0.15, -0.1) is 0 Å². The Labute approximate surface area is 119 Å². The van der Waals surface area contributed by atoms with E-state index in [-0.39, 0.29) is 12.0 Å². The van der Waals surface area contributed by atoms with Gasteiger partial charge in [-0.25, -0.2) is 4.39 Å². The van der Waals surface area contributed by atoms with Crippen molar-refractivity contribution in [1.82, 2.24) is 15.1 Å². The van der Waals surface area contributed by atoms with E-state index < -0.39 is 23.6 Å². The normalized spacial score (nSPS) is 13.4. The average molecular weight is 301 g/mol. The molecule has 0 aliphatic carbocycles. The molecule has 0 amide bonds. The predicted octanol–water partition coefficient (Wildman–Crippen LogP) is 3.08. The lowest BCUT2D eigenvalue weighted by Crippen LogP contribution is -2.23. The molecule has 0 fully saturated rings. The maximum absolute atomic E-state index is 13.4. The Balaban J connectivity index is 2.39. The second kappa shape index (κ2) is 5.85. The molecule has 0 aliphatic rings. The largest absolute Gasteiger partial charge is 0.416 e. The molecular formula is C14H15F4N3. The summed E-state index contributed by atoms with van der Waals surface area (Å²) in [5, 5.41) is 6.94. The Kier molecular flexibility index (Phi) is 4.32. The van der Waals surface area contributed by atoms with Crippen LogP contribution in [0.15, 0.2) is 30.5 Å². The number of hydrogen-bond acceptors (Lipinski definition) is 2. The van der Waals surface area contributed by atoms with Gasteiger partial charge in [0.1, 0.15) is 5.82 Å². The second-order valence-corrected chi connectivity index (χ2v) is 4.76. The van der Waals surface area contributed by atoms with Gasteiger partial charge in [-0.05, 0) is 36.9 Å². The number of benzene rings is 1. The van der Waals surface area contributed by atoms with Crippen LogP contribution in [-0.2, 0) is 19.6 Å². The van der Waals surface area contributed by atoms with E-state index >= 15 is 0 Å². The van der Waals surface area contributed by atoms with Crippen molar-refractivity contribution in [3.8, 4) is 0 Å². The molecule has 0 spiro atoms. The minimum Gasteiger partial charge on any atom is -0.313 e. The molecule has 1 heterocycles. The number of hydrogen-bond donors (Lipinski definition) is 1. The Morgan fingerprint density at radius 1 is 1.29 bits per heavy atom. The maximum Gasteiger partial charge on any atom is 0.416 e. The topological polar surface area (TPSA) is 29.9 Å². The highest BCUT2D eigenvalue weighted by Gasteiger charge is 2.35. The molecule has 1 aromatic heterocycles. The molecule has 1 N–H and O–H groups in total. The molecule has 0 saturated carbocycles. The Morgan fingerprint density at radius 3 is 2.52 bits per heavy atom. The van der Waals surface area contributed by atoms with Crippen LogP contribution in [0.25, 0.3) is 0 Å². The van der Waals surface area contributed by atoms with Gasteiger partial charge in [0.25, 0.3) is 0 Å². The lowest BCUT2D eigenvalue weighted by atomic mass is 9.96. The van der Waals surface area contributed by atoms with Gasteiger partial charge in [0.05, 0.1) is 11.3 Å². The summed E-state index contributed by atoms with van der Waals surface area (Å²) in [4.78, 5) is 0. The molecule has 21 heavy (non-hydrogen) atoms. The molecule has 3 nitrogen and oxygen atoms in total. The lowest BCUT2D eigenvalue weighted by molar-refractivity contribution is -0.138. The van der Waals surface area contributed by atoms with Crippen molar-refractivity contribution in [2.75, 3.05) is 7.05 Å². The van der Waals surface area contributed by atoms with Crippen molar-refractivity contribution in [3.05, 3.63) is 53.1 Å². The average Bonchev–Trinajstić information content (AvgIpc) is 2.80. The van der Waals surface area contributed by atoms with Crippen LogP contribution >= 0.6 is 0 Å². The van der Waals surface area contributed by atoms with Gasteiger partial charge in [0.15, 0.2) is 0 Å². The highest BCUT2D eigenvalue weighted by molar-refractivity contribution is 5.34. The van der Waals surface area contributed by atoms with Gasteiger partial charge in [0, 0.05) is 25.7 Å². The van der Waals surface area contributed by atoms with Crippen molar-refractivity contribution in [1.29, 1.82) is 0 Å². The zero-order chi connectivity index (χ0) is 15.6. The van der Waals surface area contributed by atoms with Crippen LogP contribution in [0.3, 0.4) is 0 Å². The molecule has 0 saturated heterocycles. The number of alkyl halides is 3. The number of aromatic nitrogens is 2. The van der Waals surface area contributed by atoms with E-state index in [1.807, 2.05) is 0 Å². The molecule has 0 aliphatic heterocycles. The second-order valence-electron chi connectivity index (χ2n) is 4.76. The first-order chi connectivity index (χ1) is 9.81. The van der Waals surface area contributed by atoms with Crippen molar-refractivity contribution < 1.29 is 17.6 Å². The number of likely N-dealkylation sites (N-methyl/N-ethyl adjacent to an activating group) is 1. The summed E-state index contributed by atoms with van der Waals surface area (Å²) >= 11 is 0. The molecule has 0 bridgehead atoms. The summed E-state index contributed by atoms with van der Waals surface area (Å²) in [5.74, 6) is -0.695. The van der Waals surface area contributed by atoms with Crippen molar-refractivity contribution in [2.24, 2.45) is 7.05 Å². The third-order valence-electron chi connectivity index (χ3n) is 3.22. The number of aryl methyl sites for hydroxylation is 1. The van der Waals surface area contributed by atoms with E-state index in [1.165, 1.54) is 0 Å². The predicted molar refractivity (Wildman–Crippen MR) is 70.1 cm³/mol. The fraction of sp³-hybridized carbons (Fsp3) is 0.357. The first-order valence-corrected chi connectivity index (χ1v) is 6.33. The van der Waals surface area contributed by atoms with E-state index in [0.29, 0.717) is 5.69 Å². The van der Waals surface area contributed by atoms with Gasteiger partial charge in [-0.1, -0.05) is 0 Å². The summed E-state index contributed by atoms with van der Waals surface area (Å²) in [6.45, 7) is 0. The Bertz CT molecular complexity index is 619. The van der Waals surface area contributed by atoms with Crippen LogP contribution in [0.2, 0.25) is 0 Å². The van der Waals surface area contributed by atoms with Crippen LogP contribution in [-0.4, -0.2) is 16.8 Å². The highest BCUT2D eigenvalue weighted by atomic mass is 19.4. The molecule has 2 rings (SSSR count). The quantitative estimate of drug-likeness (QED) is 0.880. The van der Waals surface area contributed by atoms with Crippen molar-refractivity contribution >= 4 is 0 Å². The van der Waals surface area contributed by atoms with Gasteiger partial charge in [-0.2, -0.15) is 18.3 Å². The fourth-order valence-corrected chi connectivity index (χ4v) is 2.23. The highest BCUT2D eigenvalue weighted by Crippen LogP contribution is 2.35. The first kappa shape index (κ1) is 15.5. The molecule has 114 valence electrons. The Morgan fingerprint density at radius 2 is 2.00 bits per heavy atom. The zero-order valence-corrected chi connectivity index (χ0v) is 11.6. The van der Waals surface area contributed by atoms with Gasteiger partial charge < -0.3 is 5.32 Å². The van der Waals surface area contributed by atoms with Crippen LogP contribution in [0.4, 0.5) is 17.6 Å². The minimum atomic E-state index is -4.53. The van der Waals surface area contributed by atoms with Crippen molar-refractivity contribution in [2.45, 2.75) is 18.6 Å².